The molecule has 0 aromatic rings. The molecule has 3 rings (SSSR count). The molecule has 3 heterocycles. The summed E-state index contributed by atoms with van der Waals surface area (Å²) in [7, 11) is 0. The van der Waals surface area contributed by atoms with Gasteiger partial charge in [0.15, 0.2) is 0 Å². The molecule has 0 aromatic heterocycles. The van der Waals surface area contributed by atoms with Gasteiger partial charge in [-0.15, -0.1) is 12.4 Å². The number of rotatable bonds is 5. The van der Waals surface area contributed by atoms with Crippen LogP contribution >= 0.6 is 12.4 Å². The van der Waals surface area contributed by atoms with Crippen molar-refractivity contribution in [3.63, 3.8) is 0 Å². The second-order valence-corrected chi connectivity index (χ2v) is 8.76. The van der Waals surface area contributed by atoms with Crippen LogP contribution in [-0.2, 0) is 9.59 Å². The number of carbonyl (C=O) groups is 2. The molecule has 0 bridgehead atoms. The Kier molecular flexibility index (Phi) is 8.41. The Balaban J connectivity index is 0.00000261. The lowest BCUT2D eigenvalue weighted by Gasteiger charge is -2.39. The van der Waals surface area contributed by atoms with E-state index in [9.17, 15) is 9.59 Å². The maximum Gasteiger partial charge on any atom is 0.230 e. The number of likely N-dealkylation sites (tertiary alicyclic amines) is 2. The summed E-state index contributed by atoms with van der Waals surface area (Å²) in [5.74, 6) is 1.95. The average molecular weight is 400 g/mol. The molecule has 0 spiro atoms. The third kappa shape index (κ3) is 5.17. The van der Waals surface area contributed by atoms with Gasteiger partial charge in [-0.1, -0.05) is 26.7 Å². The number of halogens is 1. The fraction of sp³-hybridized carbons (Fsp3) is 0.905. The first-order valence-electron chi connectivity index (χ1n) is 10.9. The molecule has 1 N–H and O–H groups in total. The minimum atomic E-state index is -0.502. The van der Waals surface area contributed by atoms with E-state index in [-0.39, 0.29) is 24.2 Å². The Hall–Kier alpha value is -0.810. The van der Waals surface area contributed by atoms with Crippen molar-refractivity contribution in [3.8, 4) is 0 Å². The van der Waals surface area contributed by atoms with Gasteiger partial charge >= 0.3 is 0 Å². The van der Waals surface area contributed by atoms with Crippen molar-refractivity contribution in [1.82, 2.24) is 15.1 Å². The van der Waals surface area contributed by atoms with Crippen LogP contribution < -0.4 is 5.32 Å². The van der Waals surface area contributed by atoms with E-state index in [0.717, 1.165) is 76.7 Å². The summed E-state index contributed by atoms with van der Waals surface area (Å²) in [5.41, 5.74) is -0.502. The molecular weight excluding hydrogens is 362 g/mol. The highest BCUT2D eigenvalue weighted by Gasteiger charge is 2.46. The zero-order chi connectivity index (χ0) is 18.6. The largest absolute Gasteiger partial charge is 0.343 e. The topological polar surface area (TPSA) is 52.7 Å². The minimum Gasteiger partial charge on any atom is -0.343 e. The fourth-order valence-electron chi connectivity index (χ4n) is 5.02. The van der Waals surface area contributed by atoms with Gasteiger partial charge in [-0.2, -0.15) is 0 Å². The van der Waals surface area contributed by atoms with Crippen molar-refractivity contribution >= 4 is 24.2 Å². The van der Waals surface area contributed by atoms with Gasteiger partial charge in [0.1, 0.15) is 0 Å². The van der Waals surface area contributed by atoms with Gasteiger partial charge in [0.05, 0.1) is 5.41 Å². The highest BCUT2D eigenvalue weighted by atomic mass is 35.5. The Morgan fingerprint density at radius 1 is 0.926 bits per heavy atom. The maximum atomic E-state index is 13.3. The fourth-order valence-corrected chi connectivity index (χ4v) is 5.02. The number of hydrogen-bond acceptors (Lipinski definition) is 3. The summed E-state index contributed by atoms with van der Waals surface area (Å²) in [6.07, 6.45) is 8.08. The first-order valence-corrected chi connectivity index (χ1v) is 10.9. The monoisotopic (exact) mass is 399 g/mol. The minimum absolute atomic E-state index is 0. The molecular formula is C21H38ClN3O2. The summed E-state index contributed by atoms with van der Waals surface area (Å²) >= 11 is 0. The van der Waals surface area contributed by atoms with E-state index in [0.29, 0.717) is 13.0 Å². The molecule has 1 unspecified atom stereocenters. The molecule has 2 amide bonds. The van der Waals surface area contributed by atoms with Crippen LogP contribution in [0, 0.1) is 17.3 Å². The lowest BCUT2D eigenvalue weighted by Crippen LogP contribution is -2.51. The summed E-state index contributed by atoms with van der Waals surface area (Å²) in [5, 5.41) is 3.36. The van der Waals surface area contributed by atoms with E-state index in [2.05, 4.69) is 24.1 Å². The molecule has 3 aliphatic heterocycles. The smallest absolute Gasteiger partial charge is 0.230 e. The van der Waals surface area contributed by atoms with E-state index < -0.39 is 5.41 Å². The van der Waals surface area contributed by atoms with Crippen LogP contribution in [0.4, 0.5) is 0 Å². The number of carbonyl (C=O) groups excluding carboxylic acids is 2. The van der Waals surface area contributed by atoms with E-state index in [4.69, 9.17) is 0 Å². The maximum absolute atomic E-state index is 13.3. The van der Waals surface area contributed by atoms with Crippen molar-refractivity contribution in [1.29, 1.82) is 0 Å². The van der Waals surface area contributed by atoms with Crippen LogP contribution in [0.15, 0.2) is 0 Å². The molecule has 5 nitrogen and oxygen atoms in total. The lowest BCUT2D eigenvalue weighted by atomic mass is 9.80. The van der Waals surface area contributed by atoms with Crippen molar-refractivity contribution in [3.05, 3.63) is 0 Å². The van der Waals surface area contributed by atoms with Crippen LogP contribution in [-0.4, -0.2) is 60.9 Å². The number of nitrogens with zero attached hydrogens (tertiary/aromatic N) is 2. The second-order valence-electron chi connectivity index (χ2n) is 8.76. The van der Waals surface area contributed by atoms with E-state index in [1.54, 1.807) is 0 Å². The van der Waals surface area contributed by atoms with Crippen LogP contribution in [0.1, 0.15) is 65.2 Å². The van der Waals surface area contributed by atoms with Crippen molar-refractivity contribution in [2.75, 3.05) is 39.3 Å². The average Bonchev–Trinajstić information content (AvgIpc) is 3.17. The molecule has 0 saturated carbocycles. The SMILES string of the molecule is CCC1CCN(C(=O)CC2(C(=O)N3CCC(CC)CC3)CCNC2)CC1.Cl. The van der Waals surface area contributed by atoms with E-state index in [1.165, 1.54) is 12.8 Å². The summed E-state index contributed by atoms with van der Waals surface area (Å²) < 4.78 is 0. The predicted molar refractivity (Wildman–Crippen MR) is 111 cm³/mol. The normalized spacial score (nSPS) is 27.5. The number of amides is 2. The first-order chi connectivity index (χ1) is 12.6. The van der Waals surface area contributed by atoms with Crippen LogP contribution in [0.3, 0.4) is 0 Å². The van der Waals surface area contributed by atoms with Gasteiger partial charge in [-0.05, 0) is 50.5 Å². The standard InChI is InChI=1S/C21H37N3O2.ClH/c1-3-17-5-11-23(12-6-17)19(25)15-21(9-10-22-16-21)20(26)24-13-7-18(4-2)8-14-24;/h17-18,22H,3-16H2,1-2H3;1H. The predicted octanol–water partition coefficient (Wildman–Crippen LogP) is 3.08. The van der Waals surface area contributed by atoms with Gasteiger partial charge in [-0.25, -0.2) is 0 Å². The molecule has 156 valence electrons. The Bertz CT molecular complexity index is 492. The van der Waals surface area contributed by atoms with Gasteiger partial charge in [0.2, 0.25) is 11.8 Å². The Morgan fingerprint density at radius 2 is 1.44 bits per heavy atom. The molecule has 1 atom stereocenters. The Morgan fingerprint density at radius 3 is 1.89 bits per heavy atom. The molecule has 0 radical (unpaired) electrons. The van der Waals surface area contributed by atoms with Gasteiger partial charge < -0.3 is 15.1 Å². The number of nitrogens with one attached hydrogen (secondary N) is 1. The van der Waals surface area contributed by atoms with Gasteiger partial charge in [-0.3, -0.25) is 9.59 Å². The zero-order valence-electron chi connectivity index (χ0n) is 17.2. The van der Waals surface area contributed by atoms with Crippen LogP contribution in [0.5, 0.6) is 0 Å². The third-order valence-electron chi connectivity index (χ3n) is 7.21. The summed E-state index contributed by atoms with van der Waals surface area (Å²) in [6, 6.07) is 0. The third-order valence-corrected chi connectivity index (χ3v) is 7.21. The number of piperidine rings is 2. The van der Waals surface area contributed by atoms with Crippen molar-refractivity contribution in [2.24, 2.45) is 17.3 Å². The first kappa shape index (κ1) is 22.5. The van der Waals surface area contributed by atoms with Crippen molar-refractivity contribution < 1.29 is 9.59 Å². The quantitative estimate of drug-likeness (QED) is 0.772. The van der Waals surface area contributed by atoms with E-state index in [1.807, 2.05) is 4.90 Å². The summed E-state index contributed by atoms with van der Waals surface area (Å²) in [6.45, 7) is 9.48. The molecule has 3 fully saturated rings. The molecule has 3 aliphatic rings. The summed E-state index contributed by atoms with van der Waals surface area (Å²) in [4.78, 5) is 30.4. The van der Waals surface area contributed by atoms with Gasteiger partial charge in [0, 0.05) is 39.1 Å². The molecule has 3 saturated heterocycles. The van der Waals surface area contributed by atoms with Crippen LogP contribution in [0.2, 0.25) is 0 Å². The molecule has 6 heteroatoms. The molecule has 0 aliphatic carbocycles. The zero-order valence-corrected chi connectivity index (χ0v) is 18.0. The lowest BCUT2D eigenvalue weighted by molar-refractivity contribution is -0.148. The second kappa shape index (κ2) is 10.1. The highest BCUT2D eigenvalue weighted by Crippen LogP contribution is 2.35. The van der Waals surface area contributed by atoms with Gasteiger partial charge in [0.25, 0.3) is 0 Å². The Labute approximate surface area is 171 Å². The van der Waals surface area contributed by atoms with Crippen molar-refractivity contribution in [2.45, 2.75) is 65.2 Å². The van der Waals surface area contributed by atoms with Crippen LogP contribution in [0.25, 0.3) is 0 Å². The van der Waals surface area contributed by atoms with E-state index >= 15 is 0 Å². The molecule has 0 aromatic carbocycles. The number of hydrogen-bond donors (Lipinski definition) is 1. The molecule has 27 heavy (non-hydrogen) atoms. The highest BCUT2D eigenvalue weighted by molar-refractivity contribution is 5.89.